The van der Waals surface area contributed by atoms with Crippen molar-refractivity contribution in [1.29, 1.82) is 0 Å². The Morgan fingerprint density at radius 3 is 2.84 bits per heavy atom. The van der Waals surface area contributed by atoms with E-state index in [4.69, 9.17) is 11.6 Å². The Kier molecular flexibility index (Phi) is 3.93. The van der Waals surface area contributed by atoms with Crippen molar-refractivity contribution < 1.29 is 13.5 Å². The van der Waals surface area contributed by atoms with E-state index in [9.17, 15) is 13.5 Å². The van der Waals surface area contributed by atoms with Crippen molar-refractivity contribution in [3.8, 4) is 0 Å². The van der Waals surface area contributed by atoms with Gasteiger partial charge in [0, 0.05) is 23.7 Å². The molecule has 1 N–H and O–H groups in total. The van der Waals surface area contributed by atoms with Gasteiger partial charge in [-0.15, -0.1) is 0 Å². The highest BCUT2D eigenvalue weighted by Crippen LogP contribution is 2.20. The minimum atomic E-state index is -3.41. The summed E-state index contributed by atoms with van der Waals surface area (Å²) in [6, 6.07) is 6.81. The molecule has 0 aliphatic carbocycles. The molecule has 0 saturated heterocycles. The second-order valence-corrected chi connectivity index (χ2v) is 6.55. The molecule has 0 fully saturated rings. The van der Waals surface area contributed by atoms with Gasteiger partial charge in [0.25, 0.3) is 0 Å². The van der Waals surface area contributed by atoms with E-state index in [0.29, 0.717) is 10.6 Å². The predicted octanol–water partition coefficient (Wildman–Crippen LogP) is 1.67. The number of hydrogen-bond acceptors (Lipinski definition) is 4. The maximum absolute atomic E-state index is 11.5. The zero-order valence-corrected chi connectivity index (χ0v) is 11.8. The first-order valence-corrected chi connectivity index (χ1v) is 7.79. The number of imidazole rings is 1. The number of rotatable bonds is 4. The zero-order chi connectivity index (χ0) is 14.0. The standard InChI is InChI=1S/C12H13ClN2O3S/c1-19(17,18)12-14-5-6-15(12)8-11(16)9-3-2-4-10(13)7-9/h2-7,11,16H,8H2,1H3/t11-/m0/s1. The topological polar surface area (TPSA) is 72.2 Å². The number of sulfone groups is 1. The lowest BCUT2D eigenvalue weighted by molar-refractivity contribution is 0.153. The molecule has 0 amide bonds. The molecule has 7 heteroatoms. The third-order valence-electron chi connectivity index (χ3n) is 2.61. The fourth-order valence-corrected chi connectivity index (χ4v) is 2.78. The lowest BCUT2D eigenvalue weighted by Gasteiger charge is -2.13. The number of hydrogen-bond donors (Lipinski definition) is 1. The molecule has 0 aliphatic rings. The summed E-state index contributed by atoms with van der Waals surface area (Å²) in [6.45, 7) is 0.0999. The summed E-state index contributed by atoms with van der Waals surface area (Å²) in [4.78, 5) is 3.79. The van der Waals surface area contributed by atoms with Gasteiger partial charge in [0.05, 0.1) is 12.6 Å². The van der Waals surface area contributed by atoms with Crippen LogP contribution >= 0.6 is 11.6 Å². The van der Waals surface area contributed by atoms with Crippen LogP contribution in [0.25, 0.3) is 0 Å². The minimum absolute atomic E-state index is 0.0615. The first kappa shape index (κ1) is 14.0. The van der Waals surface area contributed by atoms with Gasteiger partial charge in [0.1, 0.15) is 0 Å². The van der Waals surface area contributed by atoms with Gasteiger partial charge < -0.3 is 9.67 Å². The predicted molar refractivity (Wildman–Crippen MR) is 71.7 cm³/mol. The van der Waals surface area contributed by atoms with Crippen molar-refractivity contribution in [1.82, 2.24) is 9.55 Å². The summed E-state index contributed by atoms with van der Waals surface area (Å²) in [5, 5.41) is 10.6. The lowest BCUT2D eigenvalue weighted by Crippen LogP contribution is -2.14. The highest BCUT2D eigenvalue weighted by molar-refractivity contribution is 7.90. The molecule has 5 nitrogen and oxygen atoms in total. The highest BCUT2D eigenvalue weighted by atomic mass is 35.5. The van der Waals surface area contributed by atoms with Crippen molar-refractivity contribution in [3.63, 3.8) is 0 Å². The Hall–Kier alpha value is -1.37. The first-order chi connectivity index (χ1) is 8.88. The van der Waals surface area contributed by atoms with Gasteiger partial charge in [-0.05, 0) is 17.7 Å². The second-order valence-electron chi connectivity index (χ2n) is 4.21. The lowest BCUT2D eigenvalue weighted by atomic mass is 10.1. The minimum Gasteiger partial charge on any atom is -0.387 e. The summed E-state index contributed by atoms with van der Waals surface area (Å²) in [5.74, 6) is 0. The van der Waals surface area contributed by atoms with Crippen molar-refractivity contribution in [3.05, 3.63) is 47.2 Å². The van der Waals surface area contributed by atoms with Crippen LogP contribution in [0.3, 0.4) is 0 Å². The number of halogens is 1. The quantitative estimate of drug-likeness (QED) is 0.932. The fraction of sp³-hybridized carbons (Fsp3) is 0.250. The fourth-order valence-electron chi connectivity index (χ4n) is 1.77. The van der Waals surface area contributed by atoms with E-state index >= 15 is 0 Å². The second kappa shape index (κ2) is 5.32. The third-order valence-corrected chi connectivity index (χ3v) is 3.85. The van der Waals surface area contributed by atoms with Crippen molar-refractivity contribution in [2.45, 2.75) is 17.8 Å². The molecular formula is C12H13ClN2O3S. The van der Waals surface area contributed by atoms with Crippen LogP contribution in [0.15, 0.2) is 41.8 Å². The van der Waals surface area contributed by atoms with Crippen LogP contribution in [-0.4, -0.2) is 29.3 Å². The van der Waals surface area contributed by atoms with Crippen LogP contribution in [0.2, 0.25) is 5.02 Å². The summed E-state index contributed by atoms with van der Waals surface area (Å²) in [7, 11) is -3.41. The van der Waals surface area contributed by atoms with Crippen LogP contribution in [-0.2, 0) is 16.4 Å². The number of aliphatic hydroxyl groups excluding tert-OH is 1. The molecule has 0 spiro atoms. The summed E-state index contributed by atoms with van der Waals surface area (Å²) >= 11 is 5.85. The van der Waals surface area contributed by atoms with Gasteiger partial charge in [-0.2, -0.15) is 0 Å². The maximum Gasteiger partial charge on any atom is 0.227 e. The number of benzene rings is 1. The van der Waals surface area contributed by atoms with Crippen LogP contribution in [0.1, 0.15) is 11.7 Å². The van der Waals surface area contributed by atoms with E-state index in [-0.39, 0.29) is 11.7 Å². The summed E-state index contributed by atoms with van der Waals surface area (Å²) in [5.41, 5.74) is 0.626. The molecule has 1 atom stereocenters. The van der Waals surface area contributed by atoms with Crippen LogP contribution < -0.4 is 0 Å². The largest absolute Gasteiger partial charge is 0.387 e. The van der Waals surface area contributed by atoms with Gasteiger partial charge in [0.2, 0.25) is 15.0 Å². The molecule has 2 rings (SSSR count). The van der Waals surface area contributed by atoms with E-state index in [2.05, 4.69) is 4.98 Å². The number of aromatic nitrogens is 2. The molecule has 0 saturated carbocycles. The normalized spacial score (nSPS) is 13.4. The van der Waals surface area contributed by atoms with Crippen LogP contribution in [0, 0.1) is 0 Å². The van der Waals surface area contributed by atoms with Crippen LogP contribution in [0.5, 0.6) is 0 Å². The van der Waals surface area contributed by atoms with Gasteiger partial charge in [0.15, 0.2) is 0 Å². The summed E-state index contributed by atoms with van der Waals surface area (Å²) in [6.07, 6.45) is 3.14. The Balaban J connectivity index is 2.25. The molecule has 19 heavy (non-hydrogen) atoms. The van der Waals surface area contributed by atoms with E-state index in [1.54, 1.807) is 24.3 Å². The molecule has 1 aromatic carbocycles. The molecule has 0 aliphatic heterocycles. The highest BCUT2D eigenvalue weighted by Gasteiger charge is 2.17. The molecule has 0 bridgehead atoms. The molecule has 1 aromatic heterocycles. The summed E-state index contributed by atoms with van der Waals surface area (Å²) < 4.78 is 24.4. The molecule has 2 aromatic rings. The SMILES string of the molecule is CS(=O)(=O)c1nccn1C[C@H](O)c1cccc(Cl)c1. The van der Waals surface area contributed by atoms with Crippen LogP contribution in [0.4, 0.5) is 0 Å². The van der Waals surface area contributed by atoms with Crippen molar-refractivity contribution in [2.24, 2.45) is 0 Å². The maximum atomic E-state index is 11.5. The van der Waals surface area contributed by atoms with Gasteiger partial charge in [-0.3, -0.25) is 0 Å². The van der Waals surface area contributed by atoms with E-state index in [1.807, 2.05) is 0 Å². The monoisotopic (exact) mass is 300 g/mol. The average Bonchev–Trinajstić information content (AvgIpc) is 2.77. The van der Waals surface area contributed by atoms with Gasteiger partial charge >= 0.3 is 0 Å². The van der Waals surface area contributed by atoms with Gasteiger partial charge in [-0.1, -0.05) is 23.7 Å². The molecule has 1 heterocycles. The van der Waals surface area contributed by atoms with Crippen molar-refractivity contribution >= 4 is 21.4 Å². The molecule has 0 radical (unpaired) electrons. The Bertz CT molecular complexity index is 682. The van der Waals surface area contributed by atoms with Gasteiger partial charge in [-0.25, -0.2) is 13.4 Å². The third kappa shape index (κ3) is 3.34. The number of aliphatic hydroxyl groups is 1. The molecule has 102 valence electrons. The Labute approximate surface area is 116 Å². The number of nitrogens with zero attached hydrogens (tertiary/aromatic N) is 2. The Morgan fingerprint density at radius 2 is 2.21 bits per heavy atom. The van der Waals surface area contributed by atoms with E-state index < -0.39 is 15.9 Å². The van der Waals surface area contributed by atoms with Crippen molar-refractivity contribution in [2.75, 3.05) is 6.26 Å². The first-order valence-electron chi connectivity index (χ1n) is 5.52. The molecular weight excluding hydrogens is 288 g/mol. The molecule has 0 unspecified atom stereocenters. The average molecular weight is 301 g/mol. The smallest absolute Gasteiger partial charge is 0.227 e. The zero-order valence-electron chi connectivity index (χ0n) is 10.2. The van der Waals surface area contributed by atoms with E-state index in [1.165, 1.54) is 17.0 Å². The Morgan fingerprint density at radius 1 is 1.47 bits per heavy atom. The van der Waals surface area contributed by atoms with E-state index in [0.717, 1.165) is 6.26 Å².